The van der Waals surface area contributed by atoms with Gasteiger partial charge in [0.1, 0.15) is 6.33 Å². The molecule has 1 aromatic carbocycles. The molecule has 0 spiro atoms. The predicted octanol–water partition coefficient (Wildman–Crippen LogP) is 4.94. The van der Waals surface area contributed by atoms with E-state index in [1.165, 1.54) is 11.8 Å². The van der Waals surface area contributed by atoms with Gasteiger partial charge in [-0.2, -0.15) is 0 Å². The van der Waals surface area contributed by atoms with Crippen molar-refractivity contribution in [1.82, 2.24) is 24.9 Å². The fourth-order valence-corrected chi connectivity index (χ4v) is 5.33. The van der Waals surface area contributed by atoms with E-state index in [-0.39, 0.29) is 5.54 Å². The van der Waals surface area contributed by atoms with Crippen LogP contribution in [0.3, 0.4) is 0 Å². The summed E-state index contributed by atoms with van der Waals surface area (Å²) in [6.07, 6.45) is 6.91. The average Bonchev–Trinajstić information content (AvgIpc) is 3.23. The molecule has 0 atom stereocenters. The fraction of sp³-hybridized carbons (Fsp3) is 0.450. The Morgan fingerprint density at radius 1 is 1.17 bits per heavy atom. The van der Waals surface area contributed by atoms with E-state index < -0.39 is 0 Å². The number of halogens is 2. The van der Waals surface area contributed by atoms with Gasteiger partial charge in [-0.05, 0) is 37.9 Å². The number of aromatic nitrogens is 4. The third kappa shape index (κ3) is 4.06. The quantitative estimate of drug-likeness (QED) is 0.573. The van der Waals surface area contributed by atoms with Crippen LogP contribution in [0.15, 0.2) is 40.5 Å². The zero-order valence-corrected chi connectivity index (χ0v) is 18.9. The first-order valence-corrected chi connectivity index (χ1v) is 11.4. The van der Waals surface area contributed by atoms with Gasteiger partial charge in [-0.25, -0.2) is 9.38 Å². The monoisotopic (exact) mass is 450 g/mol. The van der Waals surface area contributed by atoms with Gasteiger partial charge < -0.3 is 10.2 Å². The molecule has 1 aliphatic heterocycles. The third-order valence-electron chi connectivity index (χ3n) is 5.65. The minimum Gasteiger partial charge on any atom is -0.342 e. The second-order valence-electron chi connectivity index (χ2n) is 7.25. The number of anilines is 1. The molecule has 9 heteroatoms. The van der Waals surface area contributed by atoms with E-state index in [2.05, 4.69) is 34.3 Å². The van der Waals surface area contributed by atoms with Crippen LogP contribution in [0, 0.1) is 0 Å². The molecule has 0 unspecified atom stereocenters. The molecule has 3 aromatic rings. The smallest absolute Gasteiger partial charge is 0.212 e. The lowest BCUT2D eigenvalue weighted by atomic mass is 9.85. The molecule has 0 bridgehead atoms. The highest BCUT2D eigenvalue weighted by Crippen LogP contribution is 2.38. The van der Waals surface area contributed by atoms with Gasteiger partial charge in [0.2, 0.25) is 5.95 Å². The van der Waals surface area contributed by atoms with Crippen LogP contribution >= 0.6 is 35.0 Å². The standard InChI is InChI=1S/C20H24Cl2N6S/c1-3-20(24-4-2)8-10-27(11-9-20)19-23-12-16(18-26-25-13-28(18)19)29-15-7-5-6-14(21)17(15)22/h5-7,12-13,24H,3-4,8-11H2,1-2H3. The normalized spacial score (nSPS) is 16.5. The second-order valence-corrected chi connectivity index (χ2v) is 9.12. The van der Waals surface area contributed by atoms with Gasteiger partial charge in [-0.15, -0.1) is 10.2 Å². The van der Waals surface area contributed by atoms with Crippen molar-refractivity contribution in [3.8, 4) is 0 Å². The summed E-state index contributed by atoms with van der Waals surface area (Å²) in [6.45, 7) is 7.34. The number of benzene rings is 1. The van der Waals surface area contributed by atoms with Crippen molar-refractivity contribution in [3.05, 3.63) is 40.8 Å². The van der Waals surface area contributed by atoms with Crippen LogP contribution in [0.2, 0.25) is 10.0 Å². The first kappa shape index (κ1) is 20.7. The van der Waals surface area contributed by atoms with Crippen LogP contribution in [-0.2, 0) is 0 Å². The van der Waals surface area contributed by atoms with Crippen LogP contribution in [-0.4, -0.2) is 44.8 Å². The fourth-order valence-electron chi connectivity index (χ4n) is 3.94. The topological polar surface area (TPSA) is 58.3 Å². The van der Waals surface area contributed by atoms with Crippen LogP contribution in [0.25, 0.3) is 5.65 Å². The maximum absolute atomic E-state index is 6.36. The van der Waals surface area contributed by atoms with Crippen molar-refractivity contribution in [1.29, 1.82) is 0 Å². The Morgan fingerprint density at radius 3 is 2.69 bits per heavy atom. The highest BCUT2D eigenvalue weighted by molar-refractivity contribution is 7.99. The van der Waals surface area contributed by atoms with Gasteiger partial charge in [0.25, 0.3) is 0 Å². The number of fused-ring (bicyclic) bond motifs is 1. The maximum Gasteiger partial charge on any atom is 0.212 e. The molecule has 0 saturated carbocycles. The van der Waals surface area contributed by atoms with Crippen LogP contribution in [0.1, 0.15) is 33.1 Å². The van der Waals surface area contributed by atoms with Crippen molar-refractivity contribution in [2.24, 2.45) is 0 Å². The molecule has 0 aliphatic carbocycles. The molecule has 6 nitrogen and oxygen atoms in total. The Morgan fingerprint density at radius 2 is 1.97 bits per heavy atom. The molecule has 1 fully saturated rings. The molecular weight excluding hydrogens is 427 g/mol. The Balaban J connectivity index is 1.60. The zero-order valence-electron chi connectivity index (χ0n) is 16.5. The van der Waals surface area contributed by atoms with Crippen LogP contribution in [0.5, 0.6) is 0 Å². The van der Waals surface area contributed by atoms with Gasteiger partial charge >= 0.3 is 0 Å². The molecule has 29 heavy (non-hydrogen) atoms. The number of nitrogens with one attached hydrogen (secondary N) is 1. The van der Waals surface area contributed by atoms with Crippen molar-refractivity contribution < 1.29 is 0 Å². The molecule has 1 aliphatic rings. The SMILES string of the molecule is CCNC1(CC)CCN(c2ncc(Sc3cccc(Cl)c3Cl)c3nncn23)CC1. The predicted molar refractivity (Wildman–Crippen MR) is 120 cm³/mol. The van der Waals surface area contributed by atoms with E-state index >= 15 is 0 Å². The molecule has 0 amide bonds. The zero-order chi connectivity index (χ0) is 20.4. The molecular formula is C20H24Cl2N6S. The van der Waals surface area contributed by atoms with E-state index in [9.17, 15) is 0 Å². The number of hydrogen-bond donors (Lipinski definition) is 1. The largest absolute Gasteiger partial charge is 0.342 e. The molecule has 154 valence electrons. The van der Waals surface area contributed by atoms with Crippen LogP contribution < -0.4 is 10.2 Å². The minimum absolute atomic E-state index is 0.233. The third-order valence-corrected chi connectivity index (χ3v) is 7.65. The lowest BCUT2D eigenvalue weighted by Crippen LogP contribution is -2.53. The lowest BCUT2D eigenvalue weighted by molar-refractivity contribution is 0.253. The molecule has 1 saturated heterocycles. The summed E-state index contributed by atoms with van der Waals surface area (Å²) < 4.78 is 1.97. The maximum atomic E-state index is 6.36. The van der Waals surface area contributed by atoms with Crippen molar-refractivity contribution >= 4 is 46.6 Å². The Hall–Kier alpha value is -1.54. The molecule has 4 rings (SSSR count). The Kier molecular flexibility index (Phi) is 6.20. The van der Waals surface area contributed by atoms with Crippen molar-refractivity contribution in [2.45, 2.75) is 48.4 Å². The molecule has 3 heterocycles. The van der Waals surface area contributed by atoms with Gasteiger partial charge in [0, 0.05) is 29.7 Å². The first-order chi connectivity index (χ1) is 14.1. The number of nitrogens with zero attached hydrogens (tertiary/aromatic N) is 5. The summed E-state index contributed by atoms with van der Waals surface area (Å²) in [5.74, 6) is 0.882. The number of rotatable bonds is 6. The van der Waals surface area contributed by atoms with E-state index in [0.717, 1.165) is 60.3 Å². The van der Waals surface area contributed by atoms with E-state index in [4.69, 9.17) is 28.2 Å². The summed E-state index contributed by atoms with van der Waals surface area (Å²) in [4.78, 5) is 8.85. The lowest BCUT2D eigenvalue weighted by Gasteiger charge is -2.42. The summed E-state index contributed by atoms with van der Waals surface area (Å²) in [5.41, 5.74) is 1.01. The van der Waals surface area contributed by atoms with Gasteiger partial charge in [0.15, 0.2) is 5.65 Å². The van der Waals surface area contributed by atoms with Gasteiger partial charge in [0.05, 0.1) is 14.9 Å². The Labute approximate surface area is 185 Å². The number of hydrogen-bond acceptors (Lipinski definition) is 6. The van der Waals surface area contributed by atoms with Crippen molar-refractivity contribution in [3.63, 3.8) is 0 Å². The average molecular weight is 451 g/mol. The van der Waals surface area contributed by atoms with Gasteiger partial charge in [-0.3, -0.25) is 0 Å². The van der Waals surface area contributed by atoms with Crippen LogP contribution in [0.4, 0.5) is 5.95 Å². The molecule has 1 N–H and O–H groups in total. The highest BCUT2D eigenvalue weighted by Gasteiger charge is 2.33. The summed E-state index contributed by atoms with van der Waals surface area (Å²) >= 11 is 14.0. The highest BCUT2D eigenvalue weighted by atomic mass is 35.5. The van der Waals surface area contributed by atoms with E-state index in [1.807, 2.05) is 22.7 Å². The second kappa shape index (κ2) is 8.68. The van der Waals surface area contributed by atoms with Gasteiger partial charge in [-0.1, -0.05) is 54.9 Å². The van der Waals surface area contributed by atoms with E-state index in [1.54, 1.807) is 12.4 Å². The number of piperidine rings is 1. The Bertz CT molecular complexity index is 1000. The first-order valence-electron chi connectivity index (χ1n) is 9.87. The minimum atomic E-state index is 0.233. The van der Waals surface area contributed by atoms with Crippen molar-refractivity contribution in [2.75, 3.05) is 24.5 Å². The summed E-state index contributed by atoms with van der Waals surface area (Å²) in [7, 11) is 0. The molecule has 2 aromatic heterocycles. The van der Waals surface area contributed by atoms with E-state index in [0.29, 0.717) is 10.0 Å². The molecule has 0 radical (unpaired) electrons. The summed E-state index contributed by atoms with van der Waals surface area (Å²) in [5, 5.41) is 13.2. The summed E-state index contributed by atoms with van der Waals surface area (Å²) in [6, 6.07) is 5.61.